The van der Waals surface area contributed by atoms with Crippen LogP contribution in [-0.2, 0) is 11.2 Å². The number of benzene rings is 1. The molecule has 106 valence electrons. The Kier molecular flexibility index (Phi) is 6.36. The van der Waals surface area contributed by atoms with Crippen LogP contribution in [0.3, 0.4) is 0 Å². The van der Waals surface area contributed by atoms with Gasteiger partial charge in [-0.1, -0.05) is 32.0 Å². The SMILES string of the molecule is Cc1ccc(CC(=O)NC(CCl)CC(C)C)cc1C. The van der Waals surface area contributed by atoms with E-state index in [0.717, 1.165) is 12.0 Å². The van der Waals surface area contributed by atoms with Crippen molar-refractivity contribution in [3.63, 3.8) is 0 Å². The number of carbonyl (C=O) groups is 1. The van der Waals surface area contributed by atoms with Crippen molar-refractivity contribution in [2.45, 2.75) is 46.6 Å². The van der Waals surface area contributed by atoms with E-state index in [-0.39, 0.29) is 11.9 Å². The van der Waals surface area contributed by atoms with E-state index in [1.165, 1.54) is 11.1 Å². The predicted molar refractivity (Wildman–Crippen MR) is 81.7 cm³/mol. The number of alkyl halides is 1. The first-order valence-corrected chi connectivity index (χ1v) is 7.37. The van der Waals surface area contributed by atoms with Crippen LogP contribution in [0.15, 0.2) is 18.2 Å². The molecule has 0 saturated carbocycles. The molecule has 0 aromatic heterocycles. The van der Waals surface area contributed by atoms with Crippen LogP contribution < -0.4 is 5.32 Å². The molecule has 0 heterocycles. The van der Waals surface area contributed by atoms with Gasteiger partial charge in [-0.15, -0.1) is 11.6 Å². The minimum atomic E-state index is 0.0505. The molecule has 1 amide bonds. The molecule has 0 bridgehead atoms. The van der Waals surface area contributed by atoms with Crippen LogP contribution >= 0.6 is 11.6 Å². The van der Waals surface area contributed by atoms with Gasteiger partial charge in [-0.25, -0.2) is 0 Å². The minimum absolute atomic E-state index is 0.0505. The summed E-state index contributed by atoms with van der Waals surface area (Å²) in [7, 11) is 0. The summed E-state index contributed by atoms with van der Waals surface area (Å²) in [5.41, 5.74) is 3.53. The Morgan fingerprint density at radius 1 is 1.26 bits per heavy atom. The number of halogens is 1. The highest BCUT2D eigenvalue weighted by Gasteiger charge is 2.13. The molecule has 2 nitrogen and oxygen atoms in total. The lowest BCUT2D eigenvalue weighted by Crippen LogP contribution is -2.38. The molecule has 0 spiro atoms. The topological polar surface area (TPSA) is 29.1 Å². The van der Waals surface area contributed by atoms with Gasteiger partial charge in [0.2, 0.25) is 5.91 Å². The first kappa shape index (κ1) is 16.0. The summed E-state index contributed by atoms with van der Waals surface area (Å²) < 4.78 is 0. The van der Waals surface area contributed by atoms with Crippen molar-refractivity contribution in [3.8, 4) is 0 Å². The number of rotatable bonds is 6. The summed E-state index contributed by atoms with van der Waals surface area (Å²) in [4.78, 5) is 12.0. The van der Waals surface area contributed by atoms with Crippen LogP contribution in [0.4, 0.5) is 0 Å². The third-order valence-corrected chi connectivity index (χ3v) is 3.62. The molecular formula is C16H24ClNO. The Labute approximate surface area is 121 Å². The van der Waals surface area contributed by atoms with E-state index < -0.39 is 0 Å². The maximum atomic E-state index is 12.0. The molecule has 19 heavy (non-hydrogen) atoms. The second-order valence-electron chi connectivity index (χ2n) is 5.64. The lowest BCUT2D eigenvalue weighted by Gasteiger charge is -2.18. The monoisotopic (exact) mass is 281 g/mol. The fourth-order valence-corrected chi connectivity index (χ4v) is 2.31. The van der Waals surface area contributed by atoms with Crippen molar-refractivity contribution < 1.29 is 4.79 Å². The van der Waals surface area contributed by atoms with Crippen LogP contribution in [-0.4, -0.2) is 17.8 Å². The van der Waals surface area contributed by atoms with Crippen LogP contribution in [0.2, 0.25) is 0 Å². The first-order valence-electron chi connectivity index (χ1n) is 6.83. The number of nitrogens with one attached hydrogen (secondary N) is 1. The van der Waals surface area contributed by atoms with Crippen LogP contribution in [0.5, 0.6) is 0 Å². The normalized spacial score (nSPS) is 12.5. The van der Waals surface area contributed by atoms with E-state index in [0.29, 0.717) is 18.2 Å². The van der Waals surface area contributed by atoms with Crippen molar-refractivity contribution in [3.05, 3.63) is 34.9 Å². The van der Waals surface area contributed by atoms with Crippen molar-refractivity contribution in [2.75, 3.05) is 5.88 Å². The average molecular weight is 282 g/mol. The fourth-order valence-electron chi connectivity index (χ4n) is 2.11. The zero-order valence-corrected chi connectivity index (χ0v) is 13.1. The summed E-state index contributed by atoms with van der Waals surface area (Å²) in [6.45, 7) is 8.41. The predicted octanol–water partition coefficient (Wildman–Crippen LogP) is 3.62. The van der Waals surface area contributed by atoms with Gasteiger partial charge in [0.25, 0.3) is 0 Å². The molecule has 0 saturated heterocycles. The lowest BCUT2D eigenvalue weighted by atomic mass is 10.0. The van der Waals surface area contributed by atoms with E-state index in [1.807, 2.05) is 6.07 Å². The highest BCUT2D eigenvalue weighted by molar-refractivity contribution is 6.18. The Bertz CT molecular complexity index is 429. The Balaban J connectivity index is 2.56. The quantitative estimate of drug-likeness (QED) is 0.793. The van der Waals surface area contributed by atoms with E-state index in [9.17, 15) is 4.79 Å². The number of hydrogen-bond donors (Lipinski definition) is 1. The molecule has 0 aliphatic carbocycles. The molecule has 0 aliphatic rings. The highest BCUT2D eigenvalue weighted by Crippen LogP contribution is 2.11. The molecule has 1 aromatic carbocycles. The van der Waals surface area contributed by atoms with Crippen LogP contribution in [0, 0.1) is 19.8 Å². The summed E-state index contributed by atoms with van der Waals surface area (Å²) in [5, 5.41) is 3.01. The van der Waals surface area contributed by atoms with Crippen molar-refractivity contribution in [1.29, 1.82) is 0 Å². The van der Waals surface area contributed by atoms with Gasteiger partial charge in [-0.05, 0) is 42.9 Å². The highest BCUT2D eigenvalue weighted by atomic mass is 35.5. The second kappa shape index (κ2) is 7.54. The lowest BCUT2D eigenvalue weighted by molar-refractivity contribution is -0.121. The molecule has 1 unspecified atom stereocenters. The maximum absolute atomic E-state index is 12.0. The van der Waals surface area contributed by atoms with Crippen molar-refractivity contribution in [2.24, 2.45) is 5.92 Å². The molecule has 0 radical (unpaired) electrons. The molecule has 0 aliphatic heterocycles. The van der Waals surface area contributed by atoms with Gasteiger partial charge in [0.1, 0.15) is 0 Å². The molecule has 3 heteroatoms. The standard InChI is InChI=1S/C16H24ClNO/c1-11(2)7-15(10-17)18-16(19)9-14-6-5-12(3)13(4)8-14/h5-6,8,11,15H,7,9-10H2,1-4H3,(H,18,19). The van der Waals surface area contributed by atoms with E-state index >= 15 is 0 Å². The molecule has 1 N–H and O–H groups in total. The molecule has 1 atom stereocenters. The number of aryl methyl sites for hydroxylation is 2. The van der Waals surface area contributed by atoms with E-state index in [4.69, 9.17) is 11.6 Å². The van der Waals surface area contributed by atoms with Crippen LogP contribution in [0.25, 0.3) is 0 Å². The Morgan fingerprint density at radius 2 is 1.95 bits per heavy atom. The molecular weight excluding hydrogens is 258 g/mol. The molecule has 1 rings (SSSR count). The fraction of sp³-hybridized carbons (Fsp3) is 0.562. The first-order chi connectivity index (χ1) is 8.92. The largest absolute Gasteiger partial charge is 0.352 e. The third-order valence-electron chi connectivity index (χ3n) is 3.24. The summed E-state index contributed by atoms with van der Waals surface area (Å²) >= 11 is 5.89. The summed E-state index contributed by atoms with van der Waals surface area (Å²) in [5.74, 6) is 1.05. The van der Waals surface area contributed by atoms with Gasteiger partial charge in [-0.2, -0.15) is 0 Å². The Morgan fingerprint density at radius 3 is 2.47 bits per heavy atom. The van der Waals surface area contributed by atoms with Crippen LogP contribution in [0.1, 0.15) is 37.0 Å². The van der Waals surface area contributed by atoms with Gasteiger partial charge in [-0.3, -0.25) is 4.79 Å². The van der Waals surface area contributed by atoms with Crippen molar-refractivity contribution >= 4 is 17.5 Å². The van der Waals surface area contributed by atoms with Gasteiger partial charge in [0.05, 0.1) is 6.42 Å². The zero-order valence-electron chi connectivity index (χ0n) is 12.3. The van der Waals surface area contributed by atoms with E-state index in [1.54, 1.807) is 0 Å². The van der Waals surface area contributed by atoms with Gasteiger partial charge in [0.15, 0.2) is 0 Å². The van der Waals surface area contributed by atoms with E-state index in [2.05, 4.69) is 45.1 Å². The summed E-state index contributed by atoms with van der Waals surface area (Å²) in [6.07, 6.45) is 1.34. The van der Waals surface area contributed by atoms with Gasteiger partial charge >= 0.3 is 0 Å². The van der Waals surface area contributed by atoms with Gasteiger partial charge in [0, 0.05) is 11.9 Å². The number of hydrogen-bond acceptors (Lipinski definition) is 1. The maximum Gasteiger partial charge on any atom is 0.224 e. The summed E-state index contributed by atoms with van der Waals surface area (Å²) in [6, 6.07) is 6.22. The van der Waals surface area contributed by atoms with Crippen molar-refractivity contribution in [1.82, 2.24) is 5.32 Å². The zero-order chi connectivity index (χ0) is 14.4. The average Bonchev–Trinajstić information content (AvgIpc) is 2.32. The number of carbonyl (C=O) groups excluding carboxylic acids is 1. The third kappa shape index (κ3) is 5.65. The Hall–Kier alpha value is -1.02. The molecule has 0 fully saturated rings. The minimum Gasteiger partial charge on any atom is -0.352 e. The van der Waals surface area contributed by atoms with Gasteiger partial charge < -0.3 is 5.32 Å². The smallest absolute Gasteiger partial charge is 0.224 e. The number of amides is 1. The molecule has 1 aromatic rings. The second-order valence-corrected chi connectivity index (χ2v) is 5.95.